The maximum Gasteiger partial charge on any atom is 0.333 e. The van der Waals surface area contributed by atoms with Crippen LogP contribution in [0.2, 0.25) is 0 Å². The van der Waals surface area contributed by atoms with Crippen molar-refractivity contribution in [3.63, 3.8) is 0 Å². The third-order valence-electron chi connectivity index (χ3n) is 4.42. The number of carboxylic acids is 1. The Balaban J connectivity index is 2.13. The first-order chi connectivity index (χ1) is 13.5. The van der Waals surface area contributed by atoms with Crippen molar-refractivity contribution in [1.29, 1.82) is 0 Å². The minimum absolute atomic E-state index is 0.134. The third kappa shape index (κ3) is 5.82. The minimum Gasteiger partial charge on any atom is -0.479 e. The summed E-state index contributed by atoms with van der Waals surface area (Å²) in [5.74, 6) is -0.956. The molecule has 0 heterocycles. The van der Waals surface area contributed by atoms with Crippen molar-refractivity contribution in [2.45, 2.75) is 32.8 Å². The highest BCUT2D eigenvalue weighted by atomic mass is 16.5. The standard InChI is InChI=1S/C22H28N2O4/c1-4-13-23-22(27)24(3)19-8-6-7-18(15-19)17-11-9-16(10-12-17)14-20(21(25)26)28-5-2/h6-12,15,20H,4-5,13-14H2,1-3H3,(H,23,27)(H,25,26)/t20-/m0/s1. The van der Waals surface area contributed by atoms with Crippen molar-refractivity contribution < 1.29 is 19.4 Å². The third-order valence-corrected chi connectivity index (χ3v) is 4.42. The van der Waals surface area contributed by atoms with Gasteiger partial charge in [0.15, 0.2) is 6.10 Å². The highest BCUT2D eigenvalue weighted by molar-refractivity contribution is 5.92. The van der Waals surface area contributed by atoms with E-state index in [4.69, 9.17) is 4.74 Å². The van der Waals surface area contributed by atoms with Gasteiger partial charge < -0.3 is 15.2 Å². The van der Waals surface area contributed by atoms with E-state index in [1.54, 1.807) is 18.9 Å². The molecule has 0 saturated heterocycles. The Morgan fingerprint density at radius 2 is 1.82 bits per heavy atom. The number of hydrogen-bond acceptors (Lipinski definition) is 3. The van der Waals surface area contributed by atoms with Gasteiger partial charge >= 0.3 is 12.0 Å². The molecule has 0 aliphatic carbocycles. The molecule has 0 unspecified atom stereocenters. The van der Waals surface area contributed by atoms with Crippen LogP contribution in [0.3, 0.4) is 0 Å². The topological polar surface area (TPSA) is 78.9 Å². The number of ether oxygens (including phenoxy) is 1. The lowest BCUT2D eigenvalue weighted by molar-refractivity contribution is -0.149. The monoisotopic (exact) mass is 384 g/mol. The van der Waals surface area contributed by atoms with Gasteiger partial charge in [0.1, 0.15) is 0 Å². The molecule has 28 heavy (non-hydrogen) atoms. The van der Waals surface area contributed by atoms with Gasteiger partial charge in [-0.05, 0) is 42.2 Å². The van der Waals surface area contributed by atoms with Crippen molar-refractivity contribution in [1.82, 2.24) is 5.32 Å². The van der Waals surface area contributed by atoms with E-state index in [2.05, 4.69) is 5.32 Å². The molecule has 2 aromatic carbocycles. The molecule has 6 heteroatoms. The molecule has 2 rings (SSSR count). The van der Waals surface area contributed by atoms with E-state index in [1.807, 2.05) is 55.5 Å². The fourth-order valence-electron chi connectivity index (χ4n) is 2.83. The van der Waals surface area contributed by atoms with E-state index in [0.717, 1.165) is 28.8 Å². The molecule has 0 aliphatic rings. The molecule has 0 saturated carbocycles. The van der Waals surface area contributed by atoms with Gasteiger partial charge in [-0.1, -0.05) is 43.3 Å². The molecule has 0 fully saturated rings. The Kier molecular flexibility index (Phi) is 8.02. The molecule has 0 aromatic heterocycles. The van der Waals surface area contributed by atoms with Crippen molar-refractivity contribution in [2.24, 2.45) is 0 Å². The Morgan fingerprint density at radius 3 is 2.43 bits per heavy atom. The van der Waals surface area contributed by atoms with Gasteiger partial charge in [0, 0.05) is 32.3 Å². The van der Waals surface area contributed by atoms with Crippen molar-refractivity contribution in [2.75, 3.05) is 25.1 Å². The molecule has 2 amide bonds. The van der Waals surface area contributed by atoms with Crippen LogP contribution in [0.15, 0.2) is 48.5 Å². The Labute approximate surface area is 166 Å². The SMILES string of the molecule is CCCNC(=O)N(C)c1cccc(-c2ccc(C[C@H](OCC)C(=O)O)cc2)c1. The number of rotatable bonds is 9. The maximum atomic E-state index is 12.2. The minimum atomic E-state index is -0.956. The van der Waals surface area contributed by atoms with Gasteiger partial charge in [-0.15, -0.1) is 0 Å². The average Bonchev–Trinajstić information content (AvgIpc) is 2.71. The molecule has 1 atom stereocenters. The first-order valence-electron chi connectivity index (χ1n) is 9.51. The Hall–Kier alpha value is -2.86. The zero-order valence-electron chi connectivity index (χ0n) is 16.6. The van der Waals surface area contributed by atoms with Crippen LogP contribution in [0, 0.1) is 0 Å². The van der Waals surface area contributed by atoms with E-state index in [9.17, 15) is 14.7 Å². The first-order valence-corrected chi connectivity index (χ1v) is 9.51. The number of amides is 2. The lowest BCUT2D eigenvalue weighted by Gasteiger charge is -2.19. The van der Waals surface area contributed by atoms with Gasteiger partial charge in [-0.2, -0.15) is 0 Å². The number of benzene rings is 2. The summed E-state index contributed by atoms with van der Waals surface area (Å²) < 4.78 is 5.27. The van der Waals surface area contributed by atoms with Crippen LogP contribution >= 0.6 is 0 Å². The average molecular weight is 384 g/mol. The van der Waals surface area contributed by atoms with Crippen LogP contribution in [-0.4, -0.2) is 43.4 Å². The molecule has 150 valence electrons. The van der Waals surface area contributed by atoms with Crippen molar-refractivity contribution in [3.05, 3.63) is 54.1 Å². The van der Waals surface area contributed by atoms with Crippen LogP contribution in [0.5, 0.6) is 0 Å². The zero-order chi connectivity index (χ0) is 20.5. The van der Waals surface area contributed by atoms with Crippen molar-refractivity contribution in [3.8, 4) is 11.1 Å². The molecule has 2 N–H and O–H groups in total. The molecule has 6 nitrogen and oxygen atoms in total. The molecule has 0 radical (unpaired) electrons. The highest BCUT2D eigenvalue weighted by Gasteiger charge is 2.18. The fraction of sp³-hybridized carbons (Fsp3) is 0.364. The maximum absolute atomic E-state index is 12.2. The number of carbonyl (C=O) groups excluding carboxylic acids is 1. The second kappa shape index (κ2) is 10.5. The van der Waals surface area contributed by atoms with Crippen LogP contribution in [0.4, 0.5) is 10.5 Å². The lowest BCUT2D eigenvalue weighted by Crippen LogP contribution is -2.37. The highest BCUT2D eigenvalue weighted by Crippen LogP contribution is 2.25. The van der Waals surface area contributed by atoms with Crippen LogP contribution < -0.4 is 10.2 Å². The molecular formula is C22H28N2O4. The number of hydrogen-bond donors (Lipinski definition) is 2. The van der Waals surface area contributed by atoms with Gasteiger partial charge in [-0.3, -0.25) is 4.90 Å². The number of carboxylic acid groups (broad SMARTS) is 1. The molecule has 0 aliphatic heterocycles. The van der Waals surface area contributed by atoms with Gasteiger partial charge in [0.05, 0.1) is 0 Å². The number of nitrogens with one attached hydrogen (secondary N) is 1. The smallest absolute Gasteiger partial charge is 0.333 e. The lowest BCUT2D eigenvalue weighted by atomic mass is 10.0. The first kappa shape index (κ1) is 21.4. The predicted molar refractivity (Wildman–Crippen MR) is 111 cm³/mol. The van der Waals surface area contributed by atoms with Crippen LogP contribution in [0.25, 0.3) is 11.1 Å². The summed E-state index contributed by atoms with van der Waals surface area (Å²) >= 11 is 0. The molecule has 0 bridgehead atoms. The molecule has 2 aromatic rings. The second-order valence-corrected chi connectivity index (χ2v) is 6.52. The Morgan fingerprint density at radius 1 is 1.11 bits per heavy atom. The van der Waals surface area contributed by atoms with Crippen molar-refractivity contribution >= 4 is 17.7 Å². The zero-order valence-corrected chi connectivity index (χ0v) is 16.6. The van der Waals surface area contributed by atoms with Gasteiger partial charge in [-0.25, -0.2) is 9.59 Å². The van der Waals surface area contributed by atoms with Gasteiger partial charge in [0.2, 0.25) is 0 Å². The number of aliphatic carboxylic acids is 1. The summed E-state index contributed by atoms with van der Waals surface area (Å²) in [6.07, 6.45) is 0.372. The largest absolute Gasteiger partial charge is 0.479 e. The summed E-state index contributed by atoms with van der Waals surface area (Å²) in [5.41, 5.74) is 3.68. The summed E-state index contributed by atoms with van der Waals surface area (Å²) in [6.45, 7) is 4.80. The van der Waals surface area contributed by atoms with Crippen LogP contribution in [-0.2, 0) is 16.0 Å². The normalized spacial score (nSPS) is 11.7. The molecule has 0 spiro atoms. The Bertz CT molecular complexity index is 789. The molecular weight excluding hydrogens is 356 g/mol. The van der Waals surface area contributed by atoms with E-state index in [1.165, 1.54) is 0 Å². The predicted octanol–water partition coefficient (Wildman–Crippen LogP) is 3.94. The number of nitrogens with zero attached hydrogens (tertiary/aromatic N) is 1. The quantitative estimate of drug-likeness (QED) is 0.686. The van der Waals surface area contributed by atoms with E-state index in [-0.39, 0.29) is 6.03 Å². The summed E-state index contributed by atoms with van der Waals surface area (Å²) in [5, 5.41) is 12.1. The number of anilines is 1. The fourth-order valence-corrected chi connectivity index (χ4v) is 2.83. The second-order valence-electron chi connectivity index (χ2n) is 6.52. The number of carbonyl (C=O) groups is 2. The number of urea groups is 1. The van der Waals surface area contributed by atoms with Crippen LogP contribution in [0.1, 0.15) is 25.8 Å². The van der Waals surface area contributed by atoms with E-state index >= 15 is 0 Å². The summed E-state index contributed by atoms with van der Waals surface area (Å²) in [4.78, 5) is 25.0. The van der Waals surface area contributed by atoms with E-state index < -0.39 is 12.1 Å². The van der Waals surface area contributed by atoms with Gasteiger partial charge in [0.25, 0.3) is 0 Å². The summed E-state index contributed by atoms with van der Waals surface area (Å²) in [6, 6.07) is 15.3. The van der Waals surface area contributed by atoms with E-state index in [0.29, 0.717) is 19.6 Å². The summed E-state index contributed by atoms with van der Waals surface area (Å²) in [7, 11) is 1.74.